The molecule has 0 saturated carbocycles. The fourth-order valence-corrected chi connectivity index (χ4v) is 2.40. The summed E-state index contributed by atoms with van der Waals surface area (Å²) in [4.78, 5) is 17.1. The monoisotopic (exact) mass is 321 g/mol. The zero-order valence-corrected chi connectivity index (χ0v) is 13.3. The molecule has 1 aromatic carbocycles. The van der Waals surface area contributed by atoms with Crippen LogP contribution in [0.5, 0.6) is 0 Å². The standard InChI is InChI=1S/C15H23N5O3/c1-16-15(17-6-7-19-8-10-23-11-9-19)18-12-13-4-2-3-5-14(13)20(21)22/h2-5H,6-12H2,1H3,(H2,16,17,18). The Morgan fingerprint density at radius 3 is 2.78 bits per heavy atom. The minimum Gasteiger partial charge on any atom is -0.379 e. The van der Waals surface area contributed by atoms with Gasteiger partial charge in [-0.15, -0.1) is 0 Å². The summed E-state index contributed by atoms with van der Waals surface area (Å²) < 4.78 is 5.31. The Kier molecular flexibility index (Phi) is 6.76. The van der Waals surface area contributed by atoms with Crippen molar-refractivity contribution in [1.29, 1.82) is 0 Å². The molecule has 0 aromatic heterocycles. The number of nitrogens with zero attached hydrogens (tertiary/aromatic N) is 3. The lowest BCUT2D eigenvalue weighted by molar-refractivity contribution is -0.385. The summed E-state index contributed by atoms with van der Waals surface area (Å²) in [5, 5.41) is 17.3. The van der Waals surface area contributed by atoms with E-state index in [0.717, 1.165) is 39.4 Å². The summed E-state index contributed by atoms with van der Waals surface area (Å²) in [6, 6.07) is 6.70. The zero-order chi connectivity index (χ0) is 16.5. The summed E-state index contributed by atoms with van der Waals surface area (Å²) in [6.45, 7) is 5.49. The highest BCUT2D eigenvalue weighted by molar-refractivity contribution is 5.79. The first-order chi connectivity index (χ1) is 11.2. The van der Waals surface area contributed by atoms with Gasteiger partial charge in [0.1, 0.15) is 0 Å². The highest BCUT2D eigenvalue weighted by atomic mass is 16.6. The number of hydrogen-bond acceptors (Lipinski definition) is 5. The molecule has 1 saturated heterocycles. The van der Waals surface area contributed by atoms with Crippen LogP contribution in [0.2, 0.25) is 0 Å². The predicted octanol–water partition coefficient (Wildman–Crippen LogP) is 0.592. The van der Waals surface area contributed by atoms with Gasteiger partial charge in [0.2, 0.25) is 0 Å². The summed E-state index contributed by atoms with van der Waals surface area (Å²) in [6.07, 6.45) is 0. The van der Waals surface area contributed by atoms with Gasteiger partial charge in [-0.25, -0.2) is 0 Å². The van der Waals surface area contributed by atoms with E-state index in [2.05, 4.69) is 20.5 Å². The van der Waals surface area contributed by atoms with Crippen LogP contribution in [0.25, 0.3) is 0 Å². The molecule has 0 radical (unpaired) electrons. The Morgan fingerprint density at radius 2 is 2.09 bits per heavy atom. The van der Waals surface area contributed by atoms with Crippen LogP contribution < -0.4 is 10.6 Å². The van der Waals surface area contributed by atoms with E-state index < -0.39 is 0 Å². The highest BCUT2D eigenvalue weighted by Gasteiger charge is 2.13. The predicted molar refractivity (Wildman–Crippen MR) is 88.6 cm³/mol. The van der Waals surface area contributed by atoms with Gasteiger partial charge in [-0.1, -0.05) is 18.2 Å². The van der Waals surface area contributed by atoms with E-state index in [1.54, 1.807) is 25.2 Å². The third-order valence-electron chi connectivity index (χ3n) is 3.68. The molecule has 8 heteroatoms. The molecule has 0 bridgehead atoms. The molecule has 2 rings (SSSR count). The van der Waals surface area contributed by atoms with Gasteiger partial charge in [0, 0.05) is 51.4 Å². The summed E-state index contributed by atoms with van der Waals surface area (Å²) in [5.74, 6) is 0.636. The van der Waals surface area contributed by atoms with E-state index >= 15 is 0 Å². The maximum atomic E-state index is 11.0. The van der Waals surface area contributed by atoms with Gasteiger partial charge in [0.25, 0.3) is 5.69 Å². The second-order valence-electron chi connectivity index (χ2n) is 5.19. The minimum atomic E-state index is -0.369. The number of nitro groups is 1. The molecular formula is C15H23N5O3. The average Bonchev–Trinajstić information content (AvgIpc) is 2.59. The van der Waals surface area contributed by atoms with Crippen LogP contribution in [-0.4, -0.2) is 62.2 Å². The Hall–Kier alpha value is -2.19. The lowest BCUT2D eigenvalue weighted by Gasteiger charge is -2.26. The fraction of sp³-hybridized carbons (Fsp3) is 0.533. The zero-order valence-electron chi connectivity index (χ0n) is 13.3. The Bertz CT molecular complexity index is 544. The van der Waals surface area contributed by atoms with Gasteiger partial charge in [-0.2, -0.15) is 0 Å². The van der Waals surface area contributed by atoms with Crippen LogP contribution in [0.4, 0.5) is 5.69 Å². The molecule has 1 heterocycles. The number of nitrogens with one attached hydrogen (secondary N) is 2. The number of rotatable bonds is 6. The molecule has 0 unspecified atom stereocenters. The summed E-state index contributed by atoms with van der Waals surface area (Å²) >= 11 is 0. The Morgan fingerprint density at radius 1 is 1.35 bits per heavy atom. The van der Waals surface area contributed by atoms with Gasteiger partial charge in [0.15, 0.2) is 5.96 Å². The highest BCUT2D eigenvalue weighted by Crippen LogP contribution is 2.16. The van der Waals surface area contributed by atoms with Gasteiger partial charge in [-0.3, -0.25) is 20.0 Å². The summed E-state index contributed by atoms with van der Waals surface area (Å²) in [5.41, 5.74) is 0.748. The molecule has 8 nitrogen and oxygen atoms in total. The maximum absolute atomic E-state index is 11.0. The molecule has 0 spiro atoms. The van der Waals surface area contributed by atoms with Crippen molar-refractivity contribution >= 4 is 11.6 Å². The van der Waals surface area contributed by atoms with E-state index in [1.165, 1.54) is 6.07 Å². The maximum Gasteiger partial charge on any atom is 0.274 e. The summed E-state index contributed by atoms with van der Waals surface area (Å²) in [7, 11) is 1.68. The van der Waals surface area contributed by atoms with Crippen LogP contribution in [0.3, 0.4) is 0 Å². The number of morpholine rings is 1. The largest absolute Gasteiger partial charge is 0.379 e. The first kappa shape index (κ1) is 17.2. The molecule has 2 N–H and O–H groups in total. The van der Waals surface area contributed by atoms with Crippen LogP contribution in [0, 0.1) is 10.1 Å². The SMILES string of the molecule is CN=C(NCCN1CCOCC1)NCc1ccccc1[N+](=O)[O-]. The molecule has 0 aliphatic carbocycles. The van der Waals surface area contributed by atoms with Crippen molar-refractivity contribution in [1.82, 2.24) is 15.5 Å². The van der Waals surface area contributed by atoms with E-state index in [9.17, 15) is 10.1 Å². The number of para-hydroxylation sites is 1. The molecule has 0 atom stereocenters. The number of nitro benzene ring substituents is 1. The third kappa shape index (κ3) is 5.50. The van der Waals surface area contributed by atoms with Gasteiger partial charge in [-0.05, 0) is 0 Å². The van der Waals surface area contributed by atoms with Crippen molar-refractivity contribution in [3.05, 3.63) is 39.9 Å². The number of guanidine groups is 1. The van der Waals surface area contributed by atoms with E-state index in [0.29, 0.717) is 18.1 Å². The molecule has 1 fully saturated rings. The number of aliphatic imine (C=N–C) groups is 1. The smallest absolute Gasteiger partial charge is 0.274 e. The molecule has 0 amide bonds. The van der Waals surface area contributed by atoms with Gasteiger partial charge in [0.05, 0.1) is 18.1 Å². The lowest BCUT2D eigenvalue weighted by Crippen LogP contribution is -2.44. The van der Waals surface area contributed by atoms with E-state index in [4.69, 9.17) is 4.74 Å². The number of benzene rings is 1. The van der Waals surface area contributed by atoms with Crippen molar-refractivity contribution in [2.45, 2.75) is 6.54 Å². The Labute approximate surface area is 135 Å². The fourth-order valence-electron chi connectivity index (χ4n) is 2.40. The molecule has 1 aliphatic rings. The second kappa shape index (κ2) is 9.06. The van der Waals surface area contributed by atoms with Crippen LogP contribution in [-0.2, 0) is 11.3 Å². The Balaban J connectivity index is 1.78. The van der Waals surface area contributed by atoms with Crippen LogP contribution in [0.15, 0.2) is 29.3 Å². The molecular weight excluding hydrogens is 298 g/mol. The van der Waals surface area contributed by atoms with Gasteiger partial charge < -0.3 is 15.4 Å². The minimum absolute atomic E-state index is 0.115. The molecule has 1 aromatic rings. The van der Waals surface area contributed by atoms with Crippen molar-refractivity contribution in [2.75, 3.05) is 46.4 Å². The first-order valence-corrected chi connectivity index (χ1v) is 7.67. The van der Waals surface area contributed by atoms with Gasteiger partial charge >= 0.3 is 0 Å². The van der Waals surface area contributed by atoms with Crippen molar-refractivity contribution < 1.29 is 9.66 Å². The lowest BCUT2D eigenvalue weighted by atomic mass is 10.2. The van der Waals surface area contributed by atoms with Crippen LogP contribution in [0.1, 0.15) is 5.56 Å². The van der Waals surface area contributed by atoms with E-state index in [-0.39, 0.29) is 10.6 Å². The molecule has 1 aliphatic heterocycles. The third-order valence-corrected chi connectivity index (χ3v) is 3.68. The van der Waals surface area contributed by atoms with Crippen molar-refractivity contribution in [3.8, 4) is 0 Å². The normalized spacial score (nSPS) is 16.1. The quantitative estimate of drug-likeness (QED) is 0.345. The molecule has 23 heavy (non-hydrogen) atoms. The average molecular weight is 321 g/mol. The number of hydrogen-bond donors (Lipinski definition) is 2. The van der Waals surface area contributed by atoms with Crippen molar-refractivity contribution in [3.63, 3.8) is 0 Å². The van der Waals surface area contributed by atoms with Crippen LogP contribution >= 0.6 is 0 Å². The first-order valence-electron chi connectivity index (χ1n) is 7.67. The molecule has 126 valence electrons. The second-order valence-corrected chi connectivity index (χ2v) is 5.19. The number of ether oxygens (including phenoxy) is 1. The van der Waals surface area contributed by atoms with E-state index in [1.807, 2.05) is 0 Å². The van der Waals surface area contributed by atoms with Crippen molar-refractivity contribution in [2.24, 2.45) is 4.99 Å². The topological polar surface area (TPSA) is 92.0 Å².